The number of Topliss-reactive ketones (excluding diaryl/α,β-unsaturated/α-hetero) is 1. The van der Waals surface area contributed by atoms with Gasteiger partial charge in [0.25, 0.3) is 5.91 Å². The van der Waals surface area contributed by atoms with Gasteiger partial charge in [0.05, 0.1) is 0 Å². The number of ketones is 2. The maximum Gasteiger partial charge on any atom is 0.267 e. The Morgan fingerprint density at radius 1 is 1.18 bits per heavy atom. The first kappa shape index (κ1) is 16.9. The average molecular weight is 307 g/mol. The van der Waals surface area contributed by atoms with Crippen LogP contribution in [0.3, 0.4) is 0 Å². The molecule has 0 saturated carbocycles. The fourth-order valence-electron chi connectivity index (χ4n) is 2.92. The number of allylic oxidation sites excluding steroid dienone is 1. The molecular formula is C17H25NO4. The SMILES string of the molecule is CCCCCCCCCC(=O)[C@@H]1O[C@@]12C(=O)C=C(C)NC2=O. The molecule has 0 radical (unpaired) electrons. The van der Waals surface area contributed by atoms with E-state index in [1.165, 1.54) is 31.8 Å². The molecule has 1 spiro atoms. The molecule has 5 nitrogen and oxygen atoms in total. The second-order valence-corrected chi connectivity index (χ2v) is 6.22. The zero-order valence-electron chi connectivity index (χ0n) is 13.4. The highest BCUT2D eigenvalue weighted by Gasteiger charge is 2.71. The summed E-state index contributed by atoms with van der Waals surface area (Å²) in [6, 6.07) is 0. The lowest BCUT2D eigenvalue weighted by Crippen LogP contribution is -2.48. The van der Waals surface area contributed by atoms with Gasteiger partial charge in [-0.25, -0.2) is 0 Å². The first-order valence-electron chi connectivity index (χ1n) is 8.27. The highest BCUT2D eigenvalue weighted by molar-refractivity contribution is 6.23. The molecule has 1 saturated heterocycles. The van der Waals surface area contributed by atoms with Crippen LogP contribution in [0.5, 0.6) is 0 Å². The summed E-state index contributed by atoms with van der Waals surface area (Å²) in [5.41, 5.74) is -1.06. The highest BCUT2D eigenvalue weighted by atomic mass is 16.6. The molecule has 1 amide bonds. The van der Waals surface area contributed by atoms with Crippen LogP contribution in [0.25, 0.3) is 0 Å². The largest absolute Gasteiger partial charge is 0.339 e. The minimum atomic E-state index is -1.56. The average Bonchev–Trinajstić information content (AvgIpc) is 3.21. The van der Waals surface area contributed by atoms with E-state index in [2.05, 4.69) is 12.2 Å². The van der Waals surface area contributed by atoms with Crippen LogP contribution >= 0.6 is 0 Å². The van der Waals surface area contributed by atoms with E-state index in [9.17, 15) is 14.4 Å². The van der Waals surface area contributed by atoms with Crippen LogP contribution in [0, 0.1) is 0 Å². The number of carbonyl (C=O) groups excluding carboxylic acids is 3. The molecule has 2 heterocycles. The molecule has 2 aliphatic heterocycles. The third-order valence-electron chi connectivity index (χ3n) is 4.30. The Bertz CT molecular complexity index is 497. The van der Waals surface area contributed by atoms with Crippen LogP contribution in [-0.4, -0.2) is 29.2 Å². The number of carbonyl (C=O) groups is 3. The Hall–Kier alpha value is -1.49. The summed E-state index contributed by atoms with van der Waals surface area (Å²) in [6.45, 7) is 3.82. The minimum absolute atomic E-state index is 0.134. The molecule has 0 aromatic rings. The molecule has 0 bridgehead atoms. The molecule has 1 N–H and O–H groups in total. The normalized spacial score (nSPS) is 26.8. The van der Waals surface area contributed by atoms with E-state index in [-0.39, 0.29) is 5.78 Å². The number of ether oxygens (including phenoxy) is 1. The van der Waals surface area contributed by atoms with E-state index in [0.29, 0.717) is 12.1 Å². The fraction of sp³-hybridized carbons (Fsp3) is 0.706. The summed E-state index contributed by atoms with van der Waals surface area (Å²) in [4.78, 5) is 36.0. The molecule has 2 rings (SSSR count). The van der Waals surface area contributed by atoms with Crippen LogP contribution < -0.4 is 5.32 Å². The van der Waals surface area contributed by atoms with Gasteiger partial charge in [-0.2, -0.15) is 0 Å². The number of hydrogen-bond acceptors (Lipinski definition) is 4. The molecule has 0 aromatic carbocycles. The van der Waals surface area contributed by atoms with Crippen LogP contribution in [0.4, 0.5) is 0 Å². The number of unbranched alkanes of at least 4 members (excludes halogenated alkanes) is 6. The van der Waals surface area contributed by atoms with Crippen molar-refractivity contribution in [2.24, 2.45) is 0 Å². The van der Waals surface area contributed by atoms with Gasteiger partial charge in [-0.15, -0.1) is 0 Å². The number of nitrogens with one attached hydrogen (secondary N) is 1. The first-order valence-corrected chi connectivity index (χ1v) is 8.27. The van der Waals surface area contributed by atoms with Crippen molar-refractivity contribution in [3.63, 3.8) is 0 Å². The van der Waals surface area contributed by atoms with Gasteiger partial charge in [0, 0.05) is 18.2 Å². The van der Waals surface area contributed by atoms with Gasteiger partial charge in [0.15, 0.2) is 11.9 Å². The van der Waals surface area contributed by atoms with Crippen molar-refractivity contribution in [2.75, 3.05) is 0 Å². The van der Waals surface area contributed by atoms with E-state index < -0.39 is 23.4 Å². The number of epoxide rings is 1. The molecule has 5 heteroatoms. The van der Waals surface area contributed by atoms with Crippen LogP contribution in [-0.2, 0) is 19.1 Å². The van der Waals surface area contributed by atoms with Gasteiger partial charge >= 0.3 is 0 Å². The zero-order chi connectivity index (χ0) is 16.2. The highest BCUT2D eigenvalue weighted by Crippen LogP contribution is 2.41. The number of amides is 1. The molecule has 0 aliphatic carbocycles. The predicted molar refractivity (Wildman–Crippen MR) is 82.1 cm³/mol. The molecule has 1 fully saturated rings. The fourth-order valence-corrected chi connectivity index (χ4v) is 2.92. The third kappa shape index (κ3) is 3.46. The smallest absolute Gasteiger partial charge is 0.267 e. The lowest BCUT2D eigenvalue weighted by Gasteiger charge is -2.16. The Morgan fingerprint density at radius 3 is 2.45 bits per heavy atom. The third-order valence-corrected chi connectivity index (χ3v) is 4.30. The van der Waals surface area contributed by atoms with E-state index in [1.54, 1.807) is 6.92 Å². The quantitative estimate of drug-likeness (QED) is 0.403. The van der Waals surface area contributed by atoms with E-state index >= 15 is 0 Å². The summed E-state index contributed by atoms with van der Waals surface area (Å²) in [6.07, 6.45) is 8.71. The van der Waals surface area contributed by atoms with Gasteiger partial charge in [-0.1, -0.05) is 45.4 Å². The summed E-state index contributed by atoms with van der Waals surface area (Å²) in [5.74, 6) is -1.05. The van der Waals surface area contributed by atoms with Crippen molar-refractivity contribution in [3.8, 4) is 0 Å². The molecule has 122 valence electrons. The van der Waals surface area contributed by atoms with Crippen molar-refractivity contribution in [2.45, 2.75) is 76.9 Å². The summed E-state index contributed by atoms with van der Waals surface area (Å²) >= 11 is 0. The van der Waals surface area contributed by atoms with Crippen molar-refractivity contribution in [1.82, 2.24) is 5.32 Å². The minimum Gasteiger partial charge on any atom is -0.339 e. The predicted octanol–water partition coefficient (Wildman–Crippen LogP) is 2.44. The van der Waals surface area contributed by atoms with Gasteiger partial charge < -0.3 is 10.1 Å². The maximum absolute atomic E-state index is 12.1. The van der Waals surface area contributed by atoms with Crippen molar-refractivity contribution in [3.05, 3.63) is 11.8 Å². The zero-order valence-corrected chi connectivity index (χ0v) is 13.4. The molecule has 2 atom stereocenters. The van der Waals surface area contributed by atoms with Gasteiger partial charge in [0.1, 0.15) is 0 Å². The molecule has 0 unspecified atom stereocenters. The molecule has 0 aromatic heterocycles. The number of hydrogen-bond donors (Lipinski definition) is 1. The summed E-state index contributed by atoms with van der Waals surface area (Å²) < 4.78 is 5.23. The lowest BCUT2D eigenvalue weighted by molar-refractivity contribution is -0.134. The van der Waals surface area contributed by atoms with Crippen molar-refractivity contribution >= 4 is 17.5 Å². The Labute approximate surface area is 131 Å². The second kappa shape index (κ2) is 7.18. The van der Waals surface area contributed by atoms with Crippen molar-refractivity contribution < 1.29 is 19.1 Å². The maximum atomic E-state index is 12.1. The van der Waals surface area contributed by atoms with Crippen LogP contribution in [0.1, 0.15) is 65.2 Å². The first-order chi connectivity index (χ1) is 10.5. The van der Waals surface area contributed by atoms with Crippen LogP contribution in [0.15, 0.2) is 11.8 Å². The Kier molecular flexibility index (Phi) is 5.51. The van der Waals surface area contributed by atoms with Crippen molar-refractivity contribution in [1.29, 1.82) is 0 Å². The van der Waals surface area contributed by atoms with Gasteiger partial charge in [-0.05, 0) is 13.3 Å². The van der Waals surface area contributed by atoms with E-state index in [4.69, 9.17) is 4.74 Å². The second-order valence-electron chi connectivity index (χ2n) is 6.22. The summed E-state index contributed by atoms with van der Waals surface area (Å²) in [7, 11) is 0. The molecule has 22 heavy (non-hydrogen) atoms. The Balaban J connectivity index is 1.72. The monoisotopic (exact) mass is 307 g/mol. The number of rotatable bonds is 9. The molecular weight excluding hydrogens is 282 g/mol. The van der Waals surface area contributed by atoms with E-state index in [1.807, 2.05) is 0 Å². The van der Waals surface area contributed by atoms with E-state index in [0.717, 1.165) is 19.3 Å². The Morgan fingerprint density at radius 2 is 1.82 bits per heavy atom. The topological polar surface area (TPSA) is 75.8 Å². The summed E-state index contributed by atoms with van der Waals surface area (Å²) in [5, 5.41) is 2.57. The van der Waals surface area contributed by atoms with Gasteiger partial charge in [-0.3, -0.25) is 14.4 Å². The van der Waals surface area contributed by atoms with Crippen LogP contribution in [0.2, 0.25) is 0 Å². The lowest BCUT2D eigenvalue weighted by atomic mass is 9.91. The van der Waals surface area contributed by atoms with Gasteiger partial charge in [0.2, 0.25) is 11.4 Å². The molecule has 2 aliphatic rings. The standard InChI is InChI=1S/C17H25NO4/c1-3-4-5-6-7-8-9-10-13(19)15-17(22-15)14(20)11-12(2)18-16(17)21/h11,15H,3-10H2,1-2H3,(H,18,21)/t15-,17-/m0/s1.